The highest BCUT2D eigenvalue weighted by atomic mass is 35.5. The molecule has 25 heavy (non-hydrogen) atoms. The number of hydrogen-bond donors (Lipinski definition) is 1. The Kier molecular flexibility index (Phi) is 6.21. The predicted octanol–water partition coefficient (Wildman–Crippen LogP) is 4.48. The van der Waals surface area contributed by atoms with Crippen LogP contribution in [0.2, 0.25) is 5.02 Å². The number of amides is 1. The van der Waals surface area contributed by atoms with Gasteiger partial charge in [0.2, 0.25) is 0 Å². The molecule has 0 aliphatic carbocycles. The summed E-state index contributed by atoms with van der Waals surface area (Å²) in [4.78, 5) is 11.8. The second-order valence-corrected chi connectivity index (χ2v) is 7.30. The van der Waals surface area contributed by atoms with Crippen LogP contribution in [0, 0.1) is 6.92 Å². The number of carbonyl (C=O) groups is 1. The number of halogens is 1. The zero-order valence-corrected chi connectivity index (χ0v) is 15.7. The first-order valence-electron chi connectivity index (χ1n) is 8.07. The number of rotatable bonds is 5. The van der Waals surface area contributed by atoms with Crippen LogP contribution >= 0.6 is 11.6 Å². The van der Waals surface area contributed by atoms with E-state index < -0.39 is 0 Å². The maximum absolute atomic E-state index is 11.8. The van der Waals surface area contributed by atoms with Crippen LogP contribution in [0.1, 0.15) is 37.5 Å². The molecule has 5 heteroatoms. The highest BCUT2D eigenvalue weighted by Gasteiger charge is 2.12. The van der Waals surface area contributed by atoms with Crippen molar-refractivity contribution < 1.29 is 9.53 Å². The average Bonchev–Trinajstić information content (AvgIpc) is 2.53. The van der Waals surface area contributed by atoms with Gasteiger partial charge in [-0.2, -0.15) is 5.10 Å². The lowest BCUT2D eigenvalue weighted by Gasteiger charge is -2.18. The van der Waals surface area contributed by atoms with Crippen LogP contribution in [-0.2, 0) is 10.2 Å². The quantitative estimate of drug-likeness (QED) is 0.633. The topological polar surface area (TPSA) is 50.7 Å². The highest BCUT2D eigenvalue weighted by Crippen LogP contribution is 2.22. The minimum Gasteiger partial charge on any atom is -0.483 e. The van der Waals surface area contributed by atoms with Crippen LogP contribution in [-0.4, -0.2) is 18.7 Å². The Bertz CT molecular complexity index is 762. The molecule has 0 saturated carbocycles. The van der Waals surface area contributed by atoms with E-state index >= 15 is 0 Å². The fourth-order valence-electron chi connectivity index (χ4n) is 2.20. The number of benzene rings is 2. The van der Waals surface area contributed by atoms with Crippen LogP contribution in [0.15, 0.2) is 47.6 Å². The summed E-state index contributed by atoms with van der Waals surface area (Å²) in [7, 11) is 0. The molecule has 0 unspecified atom stereocenters. The summed E-state index contributed by atoms with van der Waals surface area (Å²) in [5, 5.41) is 4.59. The van der Waals surface area contributed by atoms with Crippen molar-refractivity contribution in [3.8, 4) is 5.75 Å². The van der Waals surface area contributed by atoms with E-state index in [1.54, 1.807) is 24.4 Å². The van der Waals surface area contributed by atoms with Gasteiger partial charge in [0.1, 0.15) is 5.75 Å². The molecule has 0 aliphatic heterocycles. The lowest BCUT2D eigenvalue weighted by atomic mass is 9.87. The smallest absolute Gasteiger partial charge is 0.277 e. The Morgan fingerprint density at radius 1 is 1.20 bits per heavy atom. The lowest BCUT2D eigenvalue weighted by molar-refractivity contribution is -0.123. The third-order valence-electron chi connectivity index (χ3n) is 3.68. The van der Waals surface area contributed by atoms with Crippen LogP contribution in [0.5, 0.6) is 5.75 Å². The van der Waals surface area contributed by atoms with Gasteiger partial charge in [-0.05, 0) is 47.2 Å². The molecular formula is C20H23ClN2O2. The molecule has 0 bridgehead atoms. The van der Waals surface area contributed by atoms with E-state index in [1.165, 1.54) is 5.56 Å². The van der Waals surface area contributed by atoms with Gasteiger partial charge in [0.05, 0.1) is 6.21 Å². The fraction of sp³-hybridized carbons (Fsp3) is 0.300. The van der Waals surface area contributed by atoms with Crippen molar-refractivity contribution in [2.45, 2.75) is 33.1 Å². The summed E-state index contributed by atoms with van der Waals surface area (Å²) in [6.07, 6.45) is 1.61. The summed E-state index contributed by atoms with van der Waals surface area (Å²) in [6, 6.07) is 13.3. The summed E-state index contributed by atoms with van der Waals surface area (Å²) in [6.45, 7) is 8.26. The van der Waals surface area contributed by atoms with Crippen molar-refractivity contribution in [2.24, 2.45) is 5.10 Å². The van der Waals surface area contributed by atoms with Gasteiger partial charge in [-0.25, -0.2) is 5.43 Å². The number of hydrazone groups is 1. The van der Waals surface area contributed by atoms with Crippen molar-refractivity contribution >= 4 is 23.7 Å². The number of ether oxygens (including phenoxy) is 1. The van der Waals surface area contributed by atoms with Gasteiger partial charge in [-0.3, -0.25) is 4.79 Å². The van der Waals surface area contributed by atoms with Gasteiger partial charge < -0.3 is 4.74 Å². The van der Waals surface area contributed by atoms with Crippen LogP contribution in [0.3, 0.4) is 0 Å². The first-order chi connectivity index (χ1) is 11.8. The zero-order valence-electron chi connectivity index (χ0n) is 15.0. The molecule has 4 nitrogen and oxygen atoms in total. The van der Waals surface area contributed by atoms with Gasteiger partial charge in [0.25, 0.3) is 5.91 Å². The molecule has 0 atom stereocenters. The normalized spacial score (nSPS) is 11.6. The van der Waals surface area contributed by atoms with E-state index in [9.17, 15) is 4.79 Å². The minimum atomic E-state index is -0.322. The van der Waals surface area contributed by atoms with Crippen molar-refractivity contribution in [3.63, 3.8) is 0 Å². The van der Waals surface area contributed by atoms with E-state index in [1.807, 2.05) is 19.1 Å². The number of nitrogens with one attached hydrogen (secondary N) is 1. The maximum Gasteiger partial charge on any atom is 0.277 e. The fourth-order valence-corrected chi connectivity index (χ4v) is 2.42. The van der Waals surface area contributed by atoms with Crippen molar-refractivity contribution in [2.75, 3.05) is 6.61 Å². The van der Waals surface area contributed by atoms with E-state index in [2.05, 4.69) is 43.4 Å². The summed E-state index contributed by atoms with van der Waals surface area (Å²) in [5.74, 6) is 0.304. The third kappa shape index (κ3) is 5.91. The molecule has 2 rings (SSSR count). The Balaban J connectivity index is 1.84. The largest absolute Gasteiger partial charge is 0.483 e. The highest BCUT2D eigenvalue weighted by molar-refractivity contribution is 6.30. The summed E-state index contributed by atoms with van der Waals surface area (Å²) < 4.78 is 5.46. The third-order valence-corrected chi connectivity index (χ3v) is 3.91. The van der Waals surface area contributed by atoms with E-state index in [-0.39, 0.29) is 17.9 Å². The molecule has 0 aromatic heterocycles. The Morgan fingerprint density at radius 2 is 1.88 bits per heavy atom. The Morgan fingerprint density at radius 3 is 2.48 bits per heavy atom. The van der Waals surface area contributed by atoms with Crippen molar-refractivity contribution in [3.05, 3.63) is 64.2 Å². The zero-order chi connectivity index (χ0) is 18.4. The first-order valence-corrected chi connectivity index (χ1v) is 8.45. The van der Waals surface area contributed by atoms with Gasteiger partial charge in [0, 0.05) is 5.02 Å². The monoisotopic (exact) mass is 358 g/mol. The molecule has 0 aliphatic rings. The lowest BCUT2D eigenvalue weighted by Crippen LogP contribution is -2.24. The molecule has 2 aromatic rings. The van der Waals surface area contributed by atoms with Gasteiger partial charge >= 0.3 is 0 Å². The van der Waals surface area contributed by atoms with Crippen molar-refractivity contribution in [1.29, 1.82) is 0 Å². The van der Waals surface area contributed by atoms with Gasteiger partial charge in [-0.15, -0.1) is 0 Å². The van der Waals surface area contributed by atoms with E-state index in [0.717, 1.165) is 11.1 Å². The standard InChI is InChI=1S/C20H23ClN2O2/c1-14-11-17(21)9-10-18(14)25-13-19(24)23-22-12-15-5-7-16(8-6-15)20(2,3)4/h5-12H,13H2,1-4H3,(H,23,24)/b22-12+. The molecule has 0 radical (unpaired) electrons. The number of carbonyl (C=O) groups excluding carboxylic acids is 1. The first kappa shape index (κ1) is 19.0. The molecule has 1 N–H and O–H groups in total. The second kappa shape index (κ2) is 8.17. The molecule has 1 amide bonds. The van der Waals surface area contributed by atoms with Crippen molar-refractivity contribution in [1.82, 2.24) is 5.43 Å². The molecule has 0 spiro atoms. The molecular weight excluding hydrogens is 336 g/mol. The minimum absolute atomic E-state index is 0.108. The Hall–Kier alpha value is -2.33. The number of hydrogen-bond acceptors (Lipinski definition) is 3. The predicted molar refractivity (Wildman–Crippen MR) is 103 cm³/mol. The van der Waals surface area contributed by atoms with Crippen LogP contribution in [0.4, 0.5) is 0 Å². The number of aryl methyl sites for hydroxylation is 1. The van der Waals surface area contributed by atoms with Crippen LogP contribution < -0.4 is 10.2 Å². The van der Waals surface area contributed by atoms with Gasteiger partial charge in [0.15, 0.2) is 6.61 Å². The summed E-state index contributed by atoms with van der Waals surface area (Å²) >= 11 is 5.89. The molecule has 0 fully saturated rings. The SMILES string of the molecule is Cc1cc(Cl)ccc1OCC(=O)N/N=C/c1ccc(C(C)(C)C)cc1. The molecule has 2 aromatic carbocycles. The second-order valence-electron chi connectivity index (χ2n) is 6.86. The average molecular weight is 359 g/mol. The Labute approximate surface area is 153 Å². The van der Waals surface area contributed by atoms with Gasteiger partial charge in [-0.1, -0.05) is 56.6 Å². The van der Waals surface area contributed by atoms with E-state index in [0.29, 0.717) is 10.8 Å². The van der Waals surface area contributed by atoms with Crippen LogP contribution in [0.25, 0.3) is 0 Å². The molecule has 0 saturated heterocycles. The maximum atomic E-state index is 11.8. The molecule has 132 valence electrons. The molecule has 0 heterocycles. The summed E-state index contributed by atoms with van der Waals surface area (Å²) in [5.41, 5.74) is 5.62. The van der Waals surface area contributed by atoms with E-state index in [4.69, 9.17) is 16.3 Å². The number of nitrogens with zero attached hydrogens (tertiary/aromatic N) is 1.